The highest BCUT2D eigenvalue weighted by Crippen LogP contribution is 2.48. The Morgan fingerprint density at radius 3 is 2.80 bits per heavy atom. The fourth-order valence-electron chi connectivity index (χ4n) is 3.14. The molecule has 1 aliphatic rings. The van der Waals surface area contributed by atoms with Crippen LogP contribution in [0.15, 0.2) is 29.6 Å². The summed E-state index contributed by atoms with van der Waals surface area (Å²) in [5.41, 5.74) is -0.707. The number of halogens is 3. The summed E-state index contributed by atoms with van der Waals surface area (Å²) >= 11 is 1.47. The smallest absolute Gasteiger partial charge is 0.385 e. The average molecular weight is 300 g/mol. The Labute approximate surface area is 119 Å². The van der Waals surface area contributed by atoms with Gasteiger partial charge in [-0.3, -0.25) is 0 Å². The van der Waals surface area contributed by atoms with Crippen LogP contribution in [0, 0.1) is 5.92 Å². The summed E-state index contributed by atoms with van der Waals surface area (Å²) in [5, 5.41) is 13.7. The Morgan fingerprint density at radius 2 is 2.05 bits per heavy atom. The minimum absolute atomic E-state index is 0.117. The monoisotopic (exact) mass is 300 g/mol. The minimum Gasteiger partial charge on any atom is -0.385 e. The van der Waals surface area contributed by atoms with Crippen molar-refractivity contribution < 1.29 is 18.3 Å². The van der Waals surface area contributed by atoms with E-state index in [9.17, 15) is 18.3 Å². The van der Waals surface area contributed by atoms with Gasteiger partial charge in [-0.2, -0.15) is 13.2 Å². The van der Waals surface area contributed by atoms with Gasteiger partial charge in [0.05, 0.1) is 11.5 Å². The van der Waals surface area contributed by atoms with Crippen LogP contribution in [0.25, 0.3) is 10.1 Å². The molecule has 1 aromatic heterocycles. The summed E-state index contributed by atoms with van der Waals surface area (Å²) in [4.78, 5) is 0. The molecule has 108 valence electrons. The third-order valence-corrected chi connectivity index (χ3v) is 5.13. The molecule has 0 saturated heterocycles. The van der Waals surface area contributed by atoms with E-state index in [2.05, 4.69) is 0 Å². The summed E-state index contributed by atoms with van der Waals surface area (Å²) < 4.78 is 39.7. The van der Waals surface area contributed by atoms with Gasteiger partial charge in [-0.05, 0) is 42.5 Å². The summed E-state index contributed by atoms with van der Waals surface area (Å²) in [6, 6.07) is 7.41. The van der Waals surface area contributed by atoms with Crippen LogP contribution in [0.3, 0.4) is 0 Å². The lowest BCUT2D eigenvalue weighted by Gasteiger charge is -2.38. The first-order valence-electron chi connectivity index (χ1n) is 6.66. The molecule has 1 saturated carbocycles. The van der Waals surface area contributed by atoms with Crippen LogP contribution in [0.2, 0.25) is 0 Å². The van der Waals surface area contributed by atoms with Crippen molar-refractivity contribution >= 4 is 21.4 Å². The number of hydrogen-bond acceptors (Lipinski definition) is 2. The van der Waals surface area contributed by atoms with Gasteiger partial charge in [0, 0.05) is 10.3 Å². The zero-order valence-electron chi connectivity index (χ0n) is 10.8. The van der Waals surface area contributed by atoms with Crippen molar-refractivity contribution in [2.24, 2.45) is 5.92 Å². The zero-order chi connectivity index (χ0) is 14.4. The molecule has 3 rings (SSSR count). The highest BCUT2D eigenvalue weighted by atomic mass is 32.1. The number of hydrogen-bond donors (Lipinski definition) is 1. The lowest BCUT2D eigenvalue weighted by atomic mass is 9.74. The minimum atomic E-state index is -4.22. The molecule has 20 heavy (non-hydrogen) atoms. The molecular formula is C15H15F3OS. The molecule has 0 amide bonds. The van der Waals surface area contributed by atoms with E-state index >= 15 is 0 Å². The highest BCUT2D eigenvalue weighted by molar-refractivity contribution is 7.17. The van der Waals surface area contributed by atoms with Gasteiger partial charge in [0.25, 0.3) is 0 Å². The summed E-state index contributed by atoms with van der Waals surface area (Å²) in [5.74, 6) is -1.41. The van der Waals surface area contributed by atoms with Crippen molar-refractivity contribution in [1.82, 2.24) is 0 Å². The Balaban J connectivity index is 2.01. The molecule has 1 heterocycles. The second kappa shape index (κ2) is 4.74. The molecule has 0 spiro atoms. The van der Waals surface area contributed by atoms with E-state index in [1.54, 1.807) is 12.1 Å². The topological polar surface area (TPSA) is 20.2 Å². The van der Waals surface area contributed by atoms with Gasteiger partial charge in [0.2, 0.25) is 0 Å². The number of rotatable bonds is 1. The zero-order valence-corrected chi connectivity index (χ0v) is 11.6. The van der Waals surface area contributed by atoms with Crippen LogP contribution >= 0.6 is 11.3 Å². The molecule has 2 atom stereocenters. The molecule has 0 radical (unpaired) electrons. The van der Waals surface area contributed by atoms with E-state index in [1.807, 2.05) is 17.5 Å². The van der Waals surface area contributed by atoms with Gasteiger partial charge in [-0.15, -0.1) is 11.3 Å². The fraction of sp³-hybridized carbons (Fsp3) is 0.467. The van der Waals surface area contributed by atoms with E-state index in [0.29, 0.717) is 18.4 Å². The van der Waals surface area contributed by atoms with Crippen LogP contribution in [-0.4, -0.2) is 11.3 Å². The van der Waals surface area contributed by atoms with Crippen LogP contribution in [0.4, 0.5) is 13.2 Å². The van der Waals surface area contributed by atoms with E-state index in [4.69, 9.17) is 0 Å². The van der Waals surface area contributed by atoms with E-state index in [1.165, 1.54) is 11.3 Å². The Kier molecular flexibility index (Phi) is 3.29. The molecule has 5 heteroatoms. The highest BCUT2D eigenvalue weighted by Gasteiger charge is 2.48. The normalized spacial score (nSPS) is 27.9. The second-order valence-corrected chi connectivity index (χ2v) is 6.43. The average Bonchev–Trinajstić information content (AvgIpc) is 2.85. The number of aliphatic hydroxyl groups is 1. The van der Waals surface area contributed by atoms with Gasteiger partial charge in [-0.1, -0.05) is 18.2 Å². The second-order valence-electron chi connectivity index (χ2n) is 5.51. The van der Waals surface area contributed by atoms with E-state index < -0.39 is 17.7 Å². The molecule has 0 aliphatic heterocycles. The molecule has 2 unspecified atom stereocenters. The van der Waals surface area contributed by atoms with Crippen molar-refractivity contribution in [2.75, 3.05) is 0 Å². The maximum atomic E-state index is 12.9. The number of fused-ring (bicyclic) bond motifs is 1. The molecule has 1 aliphatic carbocycles. The molecule has 1 aromatic carbocycles. The van der Waals surface area contributed by atoms with Gasteiger partial charge >= 0.3 is 6.18 Å². The molecule has 1 N–H and O–H groups in total. The van der Waals surface area contributed by atoms with Crippen LogP contribution in [0.5, 0.6) is 0 Å². The van der Waals surface area contributed by atoms with Crippen molar-refractivity contribution in [3.8, 4) is 0 Å². The first-order chi connectivity index (χ1) is 9.40. The molecule has 1 nitrogen and oxygen atoms in total. The van der Waals surface area contributed by atoms with Crippen molar-refractivity contribution in [2.45, 2.75) is 37.5 Å². The lowest BCUT2D eigenvalue weighted by molar-refractivity contribution is -0.201. The SMILES string of the molecule is OC1(c2cccc3ccsc23)CCCC(C(F)(F)F)C1. The predicted molar refractivity (Wildman–Crippen MR) is 73.7 cm³/mol. The predicted octanol–water partition coefficient (Wildman–Crippen LogP) is 4.84. The van der Waals surface area contributed by atoms with Crippen LogP contribution in [-0.2, 0) is 5.60 Å². The third kappa shape index (κ3) is 2.33. The van der Waals surface area contributed by atoms with Gasteiger partial charge in [0.1, 0.15) is 0 Å². The number of benzene rings is 1. The number of thiophene rings is 1. The Hall–Kier alpha value is -1.07. The van der Waals surface area contributed by atoms with Crippen LogP contribution in [0.1, 0.15) is 31.2 Å². The largest absolute Gasteiger partial charge is 0.391 e. The van der Waals surface area contributed by atoms with Gasteiger partial charge in [-0.25, -0.2) is 0 Å². The lowest BCUT2D eigenvalue weighted by Crippen LogP contribution is -2.38. The van der Waals surface area contributed by atoms with Crippen LogP contribution < -0.4 is 0 Å². The standard InChI is InChI=1S/C15H15F3OS/c16-15(17,18)11-4-2-7-14(19,9-11)12-5-1-3-10-6-8-20-13(10)12/h1,3,5-6,8,11,19H,2,4,7,9H2. The summed E-state index contributed by atoms with van der Waals surface area (Å²) in [6.07, 6.45) is -3.53. The third-order valence-electron chi connectivity index (χ3n) is 4.17. The molecule has 2 aromatic rings. The van der Waals surface area contributed by atoms with Crippen molar-refractivity contribution in [3.05, 3.63) is 35.2 Å². The molecule has 0 bridgehead atoms. The first kappa shape index (κ1) is 13.9. The maximum absolute atomic E-state index is 12.9. The fourth-order valence-corrected chi connectivity index (χ4v) is 4.14. The molecular weight excluding hydrogens is 285 g/mol. The van der Waals surface area contributed by atoms with Crippen molar-refractivity contribution in [3.63, 3.8) is 0 Å². The molecule has 1 fully saturated rings. The van der Waals surface area contributed by atoms with Crippen molar-refractivity contribution in [1.29, 1.82) is 0 Å². The van der Waals surface area contributed by atoms with E-state index in [-0.39, 0.29) is 12.8 Å². The Morgan fingerprint density at radius 1 is 1.25 bits per heavy atom. The summed E-state index contributed by atoms with van der Waals surface area (Å²) in [7, 11) is 0. The Bertz CT molecular complexity index is 619. The van der Waals surface area contributed by atoms with Gasteiger partial charge in [0.15, 0.2) is 0 Å². The summed E-state index contributed by atoms with van der Waals surface area (Å²) in [6.45, 7) is 0. The quantitative estimate of drug-likeness (QED) is 0.799. The van der Waals surface area contributed by atoms with Gasteiger partial charge < -0.3 is 5.11 Å². The maximum Gasteiger partial charge on any atom is 0.391 e. The first-order valence-corrected chi connectivity index (χ1v) is 7.54. The number of alkyl halides is 3. The van der Waals surface area contributed by atoms with E-state index in [0.717, 1.165) is 10.1 Å².